The number of hydrogen-bond acceptors (Lipinski definition) is 3. The standard InChI is InChI=1S/C13H17F3N2OS/c1-8(2)7-9(17)12(19)18-10-5-3-4-6-11(10)20-13(14,15)16/h3-6,8-9H,7,17H2,1-2H3,(H,18,19)/t9-/m1/s1. The molecule has 3 nitrogen and oxygen atoms in total. The van der Waals surface area contributed by atoms with E-state index in [1.807, 2.05) is 13.8 Å². The number of carbonyl (C=O) groups excluding carboxylic acids is 1. The van der Waals surface area contributed by atoms with Crippen LogP contribution >= 0.6 is 11.8 Å². The van der Waals surface area contributed by atoms with Crippen molar-refractivity contribution in [3.63, 3.8) is 0 Å². The van der Waals surface area contributed by atoms with Gasteiger partial charge in [-0.05, 0) is 36.2 Å². The fraction of sp³-hybridized carbons (Fsp3) is 0.462. The first-order valence-corrected chi connectivity index (χ1v) is 6.92. The van der Waals surface area contributed by atoms with E-state index in [1.165, 1.54) is 18.2 Å². The number of thioether (sulfide) groups is 1. The van der Waals surface area contributed by atoms with E-state index in [1.54, 1.807) is 6.07 Å². The molecule has 1 rings (SSSR count). The van der Waals surface area contributed by atoms with Gasteiger partial charge in [-0.15, -0.1) is 0 Å². The highest BCUT2D eigenvalue weighted by molar-refractivity contribution is 8.00. The molecular formula is C13H17F3N2OS. The van der Waals surface area contributed by atoms with Crippen LogP contribution < -0.4 is 11.1 Å². The van der Waals surface area contributed by atoms with E-state index in [9.17, 15) is 18.0 Å². The monoisotopic (exact) mass is 306 g/mol. The zero-order chi connectivity index (χ0) is 15.3. The first-order valence-electron chi connectivity index (χ1n) is 6.10. The van der Waals surface area contributed by atoms with Crippen LogP contribution in [0.25, 0.3) is 0 Å². The normalized spacial score (nSPS) is 13.3. The van der Waals surface area contributed by atoms with Crippen molar-refractivity contribution < 1.29 is 18.0 Å². The van der Waals surface area contributed by atoms with Crippen LogP contribution in [-0.2, 0) is 4.79 Å². The van der Waals surface area contributed by atoms with Crippen molar-refractivity contribution in [3.8, 4) is 0 Å². The molecular weight excluding hydrogens is 289 g/mol. The molecule has 0 aliphatic rings. The van der Waals surface area contributed by atoms with Gasteiger partial charge in [-0.3, -0.25) is 4.79 Å². The fourth-order valence-electron chi connectivity index (χ4n) is 1.62. The Labute approximate surface area is 120 Å². The molecule has 1 aromatic carbocycles. The lowest BCUT2D eigenvalue weighted by Gasteiger charge is -2.16. The number of para-hydroxylation sites is 1. The number of rotatable bonds is 5. The predicted molar refractivity (Wildman–Crippen MR) is 74.4 cm³/mol. The van der Waals surface area contributed by atoms with E-state index in [0.717, 1.165) is 0 Å². The van der Waals surface area contributed by atoms with E-state index in [2.05, 4.69) is 5.32 Å². The Morgan fingerprint density at radius 3 is 2.50 bits per heavy atom. The lowest BCUT2D eigenvalue weighted by atomic mass is 10.0. The zero-order valence-electron chi connectivity index (χ0n) is 11.2. The van der Waals surface area contributed by atoms with Crippen molar-refractivity contribution >= 4 is 23.4 Å². The van der Waals surface area contributed by atoms with Gasteiger partial charge in [-0.2, -0.15) is 13.2 Å². The number of alkyl halides is 3. The molecule has 0 radical (unpaired) electrons. The van der Waals surface area contributed by atoms with Gasteiger partial charge in [0.05, 0.1) is 11.7 Å². The van der Waals surface area contributed by atoms with Gasteiger partial charge in [0, 0.05) is 4.90 Å². The second kappa shape index (κ2) is 6.99. The third-order valence-electron chi connectivity index (χ3n) is 2.43. The maximum absolute atomic E-state index is 12.4. The number of hydrogen-bond donors (Lipinski definition) is 2. The minimum atomic E-state index is -4.40. The molecule has 0 bridgehead atoms. The molecule has 0 unspecified atom stereocenters. The molecule has 0 heterocycles. The maximum Gasteiger partial charge on any atom is 0.446 e. The Kier molecular flexibility index (Phi) is 5.88. The maximum atomic E-state index is 12.4. The van der Waals surface area contributed by atoms with Crippen LogP contribution in [0.15, 0.2) is 29.2 Å². The minimum absolute atomic E-state index is 0.0508. The van der Waals surface area contributed by atoms with Crippen molar-refractivity contribution in [2.45, 2.75) is 36.7 Å². The highest BCUT2D eigenvalue weighted by Gasteiger charge is 2.30. The second-order valence-corrected chi connectivity index (χ2v) is 5.88. The third kappa shape index (κ3) is 5.83. The molecule has 1 aromatic rings. The van der Waals surface area contributed by atoms with Crippen LogP contribution in [0.1, 0.15) is 20.3 Å². The van der Waals surface area contributed by atoms with E-state index in [-0.39, 0.29) is 28.3 Å². The average Bonchev–Trinajstić information content (AvgIpc) is 2.28. The van der Waals surface area contributed by atoms with Gasteiger partial charge in [0.2, 0.25) is 5.91 Å². The molecule has 3 N–H and O–H groups in total. The summed E-state index contributed by atoms with van der Waals surface area (Å²) in [5.74, 6) is -0.246. The van der Waals surface area contributed by atoms with Gasteiger partial charge in [0.25, 0.3) is 0 Å². The summed E-state index contributed by atoms with van der Waals surface area (Å²) in [4.78, 5) is 11.8. The van der Waals surface area contributed by atoms with Gasteiger partial charge in [0.15, 0.2) is 0 Å². The topological polar surface area (TPSA) is 55.1 Å². The van der Waals surface area contributed by atoms with E-state index < -0.39 is 17.5 Å². The van der Waals surface area contributed by atoms with Gasteiger partial charge >= 0.3 is 5.51 Å². The highest BCUT2D eigenvalue weighted by atomic mass is 32.2. The van der Waals surface area contributed by atoms with Crippen LogP contribution in [0, 0.1) is 5.92 Å². The van der Waals surface area contributed by atoms with Gasteiger partial charge < -0.3 is 11.1 Å². The SMILES string of the molecule is CC(C)C[C@@H](N)C(=O)Nc1ccccc1SC(F)(F)F. The molecule has 1 atom stereocenters. The first-order chi connectivity index (χ1) is 9.19. The number of benzene rings is 1. The number of halogens is 3. The molecule has 1 amide bonds. The van der Waals surface area contributed by atoms with Crippen molar-refractivity contribution in [2.75, 3.05) is 5.32 Å². The summed E-state index contributed by atoms with van der Waals surface area (Å²) in [5, 5.41) is 2.45. The third-order valence-corrected chi connectivity index (χ3v) is 3.24. The first kappa shape index (κ1) is 16.8. The summed E-state index contributed by atoms with van der Waals surface area (Å²) in [6, 6.07) is 5.04. The van der Waals surface area contributed by atoms with Crippen LogP contribution in [0.3, 0.4) is 0 Å². The Hall–Kier alpha value is -1.21. The highest BCUT2D eigenvalue weighted by Crippen LogP contribution is 2.40. The molecule has 0 fully saturated rings. The van der Waals surface area contributed by atoms with Gasteiger partial charge in [-0.1, -0.05) is 26.0 Å². The molecule has 0 saturated carbocycles. The zero-order valence-corrected chi connectivity index (χ0v) is 12.0. The Morgan fingerprint density at radius 1 is 1.35 bits per heavy atom. The minimum Gasteiger partial charge on any atom is -0.324 e. The molecule has 20 heavy (non-hydrogen) atoms. The molecule has 112 valence electrons. The fourth-order valence-corrected chi connectivity index (χ4v) is 2.25. The van der Waals surface area contributed by atoms with Crippen molar-refractivity contribution in [2.24, 2.45) is 11.7 Å². The number of nitrogens with one attached hydrogen (secondary N) is 1. The smallest absolute Gasteiger partial charge is 0.324 e. The summed E-state index contributed by atoms with van der Waals surface area (Å²) in [6.07, 6.45) is 0.473. The second-order valence-electron chi connectivity index (χ2n) is 4.77. The Morgan fingerprint density at radius 2 is 1.95 bits per heavy atom. The quantitative estimate of drug-likeness (QED) is 0.817. The van der Waals surface area contributed by atoms with E-state index >= 15 is 0 Å². The largest absolute Gasteiger partial charge is 0.446 e. The van der Waals surface area contributed by atoms with Crippen LogP contribution in [0.2, 0.25) is 0 Å². The molecule has 0 aromatic heterocycles. The number of anilines is 1. The summed E-state index contributed by atoms with van der Waals surface area (Å²) in [5.41, 5.74) is 1.42. The molecule has 0 saturated heterocycles. The van der Waals surface area contributed by atoms with E-state index in [0.29, 0.717) is 6.42 Å². The Balaban J connectivity index is 2.79. The molecule has 0 aliphatic heterocycles. The van der Waals surface area contributed by atoms with Crippen LogP contribution in [-0.4, -0.2) is 17.5 Å². The van der Waals surface area contributed by atoms with Crippen LogP contribution in [0.5, 0.6) is 0 Å². The molecule has 0 aliphatic carbocycles. The van der Waals surface area contributed by atoms with Crippen molar-refractivity contribution in [1.82, 2.24) is 0 Å². The summed E-state index contributed by atoms with van der Waals surface area (Å²) >= 11 is -0.261. The summed E-state index contributed by atoms with van der Waals surface area (Å²) < 4.78 is 37.2. The number of amides is 1. The lowest BCUT2D eigenvalue weighted by molar-refractivity contribution is -0.117. The molecule has 0 spiro atoms. The number of nitrogens with two attached hydrogens (primary N) is 1. The van der Waals surface area contributed by atoms with E-state index in [4.69, 9.17) is 5.73 Å². The predicted octanol–water partition coefficient (Wildman–Crippen LogP) is 3.61. The lowest BCUT2D eigenvalue weighted by Crippen LogP contribution is -2.36. The van der Waals surface area contributed by atoms with Gasteiger partial charge in [0.1, 0.15) is 0 Å². The molecule has 7 heteroatoms. The Bertz CT molecular complexity index is 463. The van der Waals surface area contributed by atoms with Crippen molar-refractivity contribution in [3.05, 3.63) is 24.3 Å². The summed E-state index contributed by atoms with van der Waals surface area (Å²) in [6.45, 7) is 3.83. The van der Waals surface area contributed by atoms with Crippen molar-refractivity contribution in [1.29, 1.82) is 0 Å². The number of carbonyl (C=O) groups is 1. The average molecular weight is 306 g/mol. The van der Waals surface area contributed by atoms with Crippen LogP contribution in [0.4, 0.5) is 18.9 Å². The van der Waals surface area contributed by atoms with Gasteiger partial charge in [-0.25, -0.2) is 0 Å². The summed E-state index contributed by atoms with van der Waals surface area (Å²) in [7, 11) is 0.